The molecule has 0 radical (unpaired) electrons. The second-order valence-corrected chi connectivity index (χ2v) is 8.46. The summed E-state index contributed by atoms with van der Waals surface area (Å²) in [4.78, 5) is 26.6. The molecule has 2 aliphatic rings. The number of carbonyl (C=O) groups is 2. The Balaban J connectivity index is 1.54. The van der Waals surface area contributed by atoms with Crippen LogP contribution in [0.2, 0.25) is 0 Å². The number of carbonyl (C=O) groups excluding carboxylic acids is 2. The molecule has 0 spiro atoms. The molecule has 2 aliphatic heterocycles. The average molecular weight is 488 g/mol. The molecule has 2 heterocycles. The number of nitrogens with zero attached hydrogens (tertiary/aromatic N) is 1. The fourth-order valence-electron chi connectivity index (χ4n) is 3.21. The fraction of sp³-hybridized carbons (Fsp3) is 0.261. The summed E-state index contributed by atoms with van der Waals surface area (Å²) in [5.74, 6) is 1.39. The van der Waals surface area contributed by atoms with Crippen molar-refractivity contribution in [1.29, 1.82) is 0 Å². The lowest BCUT2D eigenvalue weighted by Gasteiger charge is -2.15. The molecule has 172 valence electrons. The van der Waals surface area contributed by atoms with Crippen LogP contribution in [-0.2, 0) is 14.3 Å². The van der Waals surface area contributed by atoms with Gasteiger partial charge in [-0.05, 0) is 49.8 Å². The first-order valence-electron chi connectivity index (χ1n) is 10.2. The van der Waals surface area contributed by atoms with Crippen molar-refractivity contribution in [2.45, 2.75) is 13.8 Å². The Labute approximate surface area is 200 Å². The monoisotopic (exact) mass is 487 g/mol. The van der Waals surface area contributed by atoms with Crippen LogP contribution in [0.3, 0.4) is 0 Å². The summed E-state index contributed by atoms with van der Waals surface area (Å²) < 4.78 is 27.2. The van der Waals surface area contributed by atoms with Crippen molar-refractivity contribution in [2.24, 2.45) is 0 Å². The number of thiocarbonyl (C=S) groups is 1. The van der Waals surface area contributed by atoms with Crippen LogP contribution in [0.25, 0.3) is 6.08 Å². The van der Waals surface area contributed by atoms with E-state index in [2.05, 4.69) is 0 Å². The molecule has 4 rings (SSSR count). The lowest BCUT2D eigenvalue weighted by molar-refractivity contribution is -0.145. The van der Waals surface area contributed by atoms with E-state index in [0.29, 0.717) is 44.5 Å². The number of esters is 1. The summed E-state index contributed by atoms with van der Waals surface area (Å²) in [5.41, 5.74) is 1.34. The fourth-order valence-corrected chi connectivity index (χ4v) is 4.51. The van der Waals surface area contributed by atoms with Crippen LogP contribution in [0.4, 0.5) is 5.69 Å². The molecular weight excluding hydrogens is 466 g/mol. The highest BCUT2D eigenvalue weighted by Gasteiger charge is 2.34. The molecule has 1 fully saturated rings. The number of anilines is 1. The minimum Gasteiger partial charge on any atom is -0.490 e. The smallest absolute Gasteiger partial charge is 0.344 e. The van der Waals surface area contributed by atoms with E-state index >= 15 is 0 Å². The first-order valence-corrected chi connectivity index (χ1v) is 11.5. The zero-order valence-corrected chi connectivity index (χ0v) is 19.6. The number of thioether (sulfide) groups is 1. The maximum absolute atomic E-state index is 13.1. The Hall–Kier alpha value is -3.24. The number of amides is 1. The minimum atomic E-state index is -0.462. The number of rotatable bonds is 8. The van der Waals surface area contributed by atoms with Crippen LogP contribution in [0.1, 0.15) is 19.4 Å². The number of benzene rings is 2. The molecule has 0 N–H and O–H groups in total. The zero-order valence-electron chi connectivity index (χ0n) is 18.0. The second kappa shape index (κ2) is 10.1. The van der Waals surface area contributed by atoms with E-state index in [1.165, 1.54) is 16.7 Å². The lowest BCUT2D eigenvalue weighted by Crippen LogP contribution is -2.27. The van der Waals surface area contributed by atoms with Crippen LogP contribution < -0.4 is 23.8 Å². The first-order chi connectivity index (χ1) is 16.0. The Bertz CT molecular complexity index is 1130. The summed E-state index contributed by atoms with van der Waals surface area (Å²) in [7, 11) is 0. The van der Waals surface area contributed by atoms with Gasteiger partial charge in [-0.2, -0.15) is 0 Å². The third-order valence-corrected chi connectivity index (χ3v) is 5.93. The van der Waals surface area contributed by atoms with Crippen molar-refractivity contribution in [3.8, 4) is 23.0 Å². The first kappa shape index (κ1) is 22.9. The van der Waals surface area contributed by atoms with Gasteiger partial charge in [-0.1, -0.05) is 30.0 Å². The summed E-state index contributed by atoms with van der Waals surface area (Å²) in [5, 5.41) is 0. The molecule has 2 aromatic rings. The summed E-state index contributed by atoms with van der Waals surface area (Å²) in [6.07, 6.45) is 1.74. The largest absolute Gasteiger partial charge is 0.490 e. The predicted octanol–water partition coefficient (Wildman–Crippen LogP) is 4.16. The van der Waals surface area contributed by atoms with Crippen molar-refractivity contribution in [1.82, 2.24) is 0 Å². The van der Waals surface area contributed by atoms with Crippen LogP contribution in [0.5, 0.6) is 23.0 Å². The molecule has 10 heteroatoms. The molecule has 0 unspecified atom stereocenters. The predicted molar refractivity (Wildman–Crippen MR) is 128 cm³/mol. The molecule has 0 bridgehead atoms. The van der Waals surface area contributed by atoms with Crippen LogP contribution in [0.15, 0.2) is 41.3 Å². The molecule has 33 heavy (non-hydrogen) atoms. The quantitative estimate of drug-likeness (QED) is 0.310. The SMILES string of the molecule is CCOC(=O)COc1ccc(/C=C2\SC(=S)N(c3ccc4c(c3)OCO4)C2=O)cc1OCC. The summed E-state index contributed by atoms with van der Waals surface area (Å²) in [6, 6.07) is 10.5. The minimum absolute atomic E-state index is 0.152. The number of hydrogen-bond donors (Lipinski definition) is 0. The van der Waals surface area contributed by atoms with Gasteiger partial charge in [0, 0.05) is 6.07 Å². The zero-order chi connectivity index (χ0) is 23.4. The Morgan fingerprint density at radius 3 is 2.70 bits per heavy atom. The molecule has 1 saturated heterocycles. The van der Waals surface area contributed by atoms with Gasteiger partial charge >= 0.3 is 5.97 Å². The highest BCUT2D eigenvalue weighted by atomic mass is 32.2. The van der Waals surface area contributed by atoms with E-state index in [0.717, 1.165) is 5.56 Å². The Morgan fingerprint density at radius 1 is 1.09 bits per heavy atom. The molecule has 1 amide bonds. The highest BCUT2D eigenvalue weighted by Crippen LogP contribution is 2.41. The van der Waals surface area contributed by atoms with E-state index in [1.54, 1.807) is 49.4 Å². The lowest BCUT2D eigenvalue weighted by atomic mass is 10.1. The molecule has 2 aromatic carbocycles. The van der Waals surface area contributed by atoms with Crippen molar-refractivity contribution < 1.29 is 33.3 Å². The van der Waals surface area contributed by atoms with Gasteiger partial charge in [0.2, 0.25) is 6.79 Å². The van der Waals surface area contributed by atoms with E-state index in [4.69, 9.17) is 35.9 Å². The number of ether oxygens (including phenoxy) is 5. The van der Waals surface area contributed by atoms with E-state index in [-0.39, 0.29) is 25.9 Å². The van der Waals surface area contributed by atoms with Crippen molar-refractivity contribution in [2.75, 3.05) is 31.5 Å². The van der Waals surface area contributed by atoms with E-state index in [9.17, 15) is 9.59 Å². The highest BCUT2D eigenvalue weighted by molar-refractivity contribution is 8.27. The third-order valence-electron chi connectivity index (χ3n) is 4.62. The van der Waals surface area contributed by atoms with Gasteiger partial charge < -0.3 is 23.7 Å². The van der Waals surface area contributed by atoms with Gasteiger partial charge in [0.15, 0.2) is 33.9 Å². The van der Waals surface area contributed by atoms with Crippen molar-refractivity contribution >= 4 is 51.9 Å². The molecule has 0 aliphatic carbocycles. The van der Waals surface area contributed by atoms with E-state index < -0.39 is 5.97 Å². The standard InChI is InChI=1S/C23H21NO7S2/c1-3-27-18-9-14(5-7-16(18)29-12-21(25)28-4-2)10-20-22(26)24(23(32)33-20)15-6-8-17-19(11-15)31-13-30-17/h5-11H,3-4,12-13H2,1-2H3/b20-10-. The molecule has 8 nitrogen and oxygen atoms in total. The van der Waals surface area contributed by atoms with Crippen molar-refractivity contribution in [3.63, 3.8) is 0 Å². The number of hydrogen-bond acceptors (Lipinski definition) is 9. The maximum atomic E-state index is 13.1. The van der Waals surface area contributed by atoms with Gasteiger partial charge in [-0.15, -0.1) is 0 Å². The Morgan fingerprint density at radius 2 is 1.91 bits per heavy atom. The Kier molecular flexibility index (Phi) is 7.05. The van der Waals surface area contributed by atoms with Gasteiger partial charge in [0.25, 0.3) is 5.91 Å². The van der Waals surface area contributed by atoms with Crippen molar-refractivity contribution in [3.05, 3.63) is 46.9 Å². The van der Waals surface area contributed by atoms with Gasteiger partial charge in [-0.3, -0.25) is 9.69 Å². The van der Waals surface area contributed by atoms with E-state index in [1.807, 2.05) is 6.92 Å². The molecule has 0 aromatic heterocycles. The summed E-state index contributed by atoms with van der Waals surface area (Å²) >= 11 is 6.67. The molecular formula is C23H21NO7S2. The molecule has 0 saturated carbocycles. The van der Waals surface area contributed by atoms with Crippen LogP contribution in [0, 0.1) is 0 Å². The van der Waals surface area contributed by atoms with Gasteiger partial charge in [0.05, 0.1) is 23.8 Å². The topological polar surface area (TPSA) is 83.5 Å². The second-order valence-electron chi connectivity index (χ2n) is 6.79. The van der Waals surface area contributed by atoms with Gasteiger partial charge in [0.1, 0.15) is 0 Å². The number of fused-ring (bicyclic) bond motifs is 1. The average Bonchev–Trinajstić information content (AvgIpc) is 3.37. The van der Waals surface area contributed by atoms with Gasteiger partial charge in [-0.25, -0.2) is 4.79 Å². The molecule has 0 atom stereocenters. The maximum Gasteiger partial charge on any atom is 0.344 e. The van der Waals surface area contributed by atoms with Crippen LogP contribution in [-0.4, -0.2) is 42.8 Å². The normalized spacial score (nSPS) is 15.8. The van der Waals surface area contributed by atoms with Crippen LogP contribution >= 0.6 is 24.0 Å². The summed E-state index contributed by atoms with van der Waals surface area (Å²) in [6.45, 7) is 4.20. The third kappa shape index (κ3) is 5.07.